The van der Waals surface area contributed by atoms with Gasteiger partial charge >= 0.3 is 0 Å². The molecule has 1 N–H and O–H groups in total. The third-order valence-electron chi connectivity index (χ3n) is 3.34. The summed E-state index contributed by atoms with van der Waals surface area (Å²) >= 11 is 23.5. The lowest BCUT2D eigenvalue weighted by Gasteiger charge is -2.44. The Kier molecular flexibility index (Phi) is 7.18. The third kappa shape index (κ3) is 2.88. The van der Waals surface area contributed by atoms with Gasteiger partial charge < -0.3 is 14.6 Å². The van der Waals surface area contributed by atoms with Gasteiger partial charge in [-0.15, -0.1) is 23.9 Å². The number of methoxy groups -OCH3 is 2. The Balaban J connectivity index is 3.71. The average molecular weight is 577 g/mol. The monoisotopic (exact) mass is 576 g/mol. The fourth-order valence-corrected chi connectivity index (χ4v) is 4.61. The fourth-order valence-electron chi connectivity index (χ4n) is 2.30. The maximum absolute atomic E-state index is 11.0. The molecule has 1 aliphatic rings. The van der Waals surface area contributed by atoms with Crippen molar-refractivity contribution >= 4 is 80.0 Å². The fraction of sp³-hybridized carbons (Fsp3) is 0.538. The lowest BCUT2D eigenvalue weighted by Crippen LogP contribution is -2.60. The summed E-state index contributed by atoms with van der Waals surface area (Å²) < 4.78 is 12.4. The summed E-state index contributed by atoms with van der Waals surface area (Å²) in [4.78, 5) is -1.59. The van der Waals surface area contributed by atoms with Crippen molar-refractivity contribution in [3.8, 4) is 12.3 Å². The number of halogens is 5. The summed E-state index contributed by atoms with van der Waals surface area (Å²) in [5.41, 5.74) is -1.80. The summed E-state index contributed by atoms with van der Waals surface area (Å²) in [6.45, 7) is 0. The number of rotatable bonds is 5. The van der Waals surface area contributed by atoms with Crippen LogP contribution in [-0.2, 0) is 9.47 Å². The van der Waals surface area contributed by atoms with Crippen LogP contribution in [0, 0.1) is 12.3 Å². The van der Waals surface area contributed by atoms with Crippen LogP contribution in [0.3, 0.4) is 0 Å². The molecule has 1 aliphatic carbocycles. The largest absolute Gasteiger partial charge is 0.381 e. The number of alkyl halides is 2. The molecule has 21 heavy (non-hydrogen) atoms. The second kappa shape index (κ2) is 7.43. The van der Waals surface area contributed by atoms with Gasteiger partial charge in [0.25, 0.3) is 0 Å². The van der Waals surface area contributed by atoms with Gasteiger partial charge in [-0.3, -0.25) is 0 Å². The van der Waals surface area contributed by atoms with Gasteiger partial charge in [0.15, 0.2) is 4.87 Å². The molecule has 3 nitrogen and oxygen atoms in total. The minimum Gasteiger partial charge on any atom is -0.381 e. The van der Waals surface area contributed by atoms with Gasteiger partial charge in [0.1, 0.15) is 5.60 Å². The Morgan fingerprint density at radius 2 is 1.90 bits per heavy atom. The first-order chi connectivity index (χ1) is 9.70. The molecule has 8 heteroatoms. The molecule has 0 aromatic heterocycles. The Labute approximate surface area is 166 Å². The van der Waals surface area contributed by atoms with Crippen LogP contribution in [0.25, 0.3) is 0 Å². The van der Waals surface area contributed by atoms with Crippen LogP contribution in [-0.4, -0.2) is 40.0 Å². The first-order valence-electron chi connectivity index (χ1n) is 5.65. The maximum atomic E-state index is 11.0. The van der Waals surface area contributed by atoms with Gasteiger partial charge in [-0.05, 0) is 32.2 Å². The number of ether oxygens (including phenoxy) is 2. The predicted molar refractivity (Wildman–Crippen MR) is 103 cm³/mol. The van der Waals surface area contributed by atoms with E-state index in [1.54, 1.807) is 6.08 Å². The zero-order valence-corrected chi connectivity index (χ0v) is 17.8. The van der Waals surface area contributed by atoms with E-state index in [-0.39, 0.29) is 16.5 Å². The van der Waals surface area contributed by atoms with Crippen molar-refractivity contribution in [1.82, 2.24) is 0 Å². The highest BCUT2D eigenvalue weighted by Crippen LogP contribution is 2.60. The SMILES string of the molecule is C#CC[C@@]1(O)C(Cl)=C(Cl)C(OC)(OC)[C@@]1(Cl)/C=C(/I)CI. The number of aliphatic hydroxyl groups is 1. The Morgan fingerprint density at radius 3 is 2.29 bits per heavy atom. The van der Waals surface area contributed by atoms with E-state index >= 15 is 0 Å². The zero-order chi connectivity index (χ0) is 16.5. The van der Waals surface area contributed by atoms with E-state index in [9.17, 15) is 5.11 Å². The van der Waals surface area contributed by atoms with E-state index < -0.39 is 16.3 Å². The summed E-state index contributed by atoms with van der Waals surface area (Å²) in [5, 5.41) is 10.9. The lowest BCUT2D eigenvalue weighted by atomic mass is 9.83. The van der Waals surface area contributed by atoms with Crippen molar-refractivity contribution < 1.29 is 14.6 Å². The minimum absolute atomic E-state index is 0.0178. The van der Waals surface area contributed by atoms with E-state index in [0.29, 0.717) is 4.43 Å². The summed E-state index contributed by atoms with van der Waals surface area (Å²) in [6.07, 6.45) is 6.85. The Hall–Kier alpha value is 1.25. The molecule has 0 saturated heterocycles. The molecule has 0 radical (unpaired) electrons. The van der Waals surface area contributed by atoms with E-state index in [0.717, 1.165) is 3.58 Å². The van der Waals surface area contributed by atoms with E-state index in [4.69, 9.17) is 50.7 Å². The van der Waals surface area contributed by atoms with Crippen LogP contribution < -0.4 is 0 Å². The quantitative estimate of drug-likeness (QED) is 0.231. The second-order valence-electron chi connectivity index (χ2n) is 4.33. The number of terminal acetylenes is 1. The third-order valence-corrected chi connectivity index (χ3v) is 8.02. The molecule has 0 fully saturated rings. The molecule has 0 amide bonds. The van der Waals surface area contributed by atoms with Gasteiger partial charge in [-0.1, -0.05) is 45.8 Å². The van der Waals surface area contributed by atoms with Gasteiger partial charge in [0.05, 0.1) is 10.1 Å². The first-order valence-corrected chi connectivity index (χ1v) is 9.39. The first kappa shape index (κ1) is 20.3. The molecule has 0 aromatic carbocycles. The maximum Gasteiger partial charge on any atom is 0.233 e. The molecular weight excluding hydrogens is 564 g/mol. The van der Waals surface area contributed by atoms with Crippen LogP contribution in [0.5, 0.6) is 0 Å². The molecular formula is C13H13Cl3I2O3. The van der Waals surface area contributed by atoms with Crippen LogP contribution >= 0.6 is 80.0 Å². The molecule has 0 spiro atoms. The van der Waals surface area contributed by atoms with Crippen LogP contribution in [0.4, 0.5) is 0 Å². The van der Waals surface area contributed by atoms with Crippen molar-refractivity contribution in [2.45, 2.75) is 22.7 Å². The Bertz CT molecular complexity index is 525. The topological polar surface area (TPSA) is 38.7 Å². The number of hydrogen-bond donors (Lipinski definition) is 1. The van der Waals surface area contributed by atoms with Crippen LogP contribution in [0.15, 0.2) is 19.7 Å². The Morgan fingerprint density at radius 1 is 1.38 bits per heavy atom. The van der Waals surface area contributed by atoms with Gasteiger partial charge in [0.2, 0.25) is 5.79 Å². The highest BCUT2D eigenvalue weighted by atomic mass is 127. The van der Waals surface area contributed by atoms with Gasteiger partial charge in [-0.2, -0.15) is 0 Å². The highest BCUT2D eigenvalue weighted by Gasteiger charge is 2.71. The summed E-state index contributed by atoms with van der Waals surface area (Å²) in [5.74, 6) is 0.753. The van der Waals surface area contributed by atoms with E-state index in [1.165, 1.54) is 14.2 Å². The molecule has 0 unspecified atom stereocenters. The van der Waals surface area contributed by atoms with Gasteiger partial charge in [-0.25, -0.2) is 0 Å². The second-order valence-corrected chi connectivity index (χ2v) is 7.83. The molecule has 2 atom stereocenters. The molecule has 0 saturated carbocycles. The van der Waals surface area contributed by atoms with Crippen molar-refractivity contribution in [3.63, 3.8) is 0 Å². The van der Waals surface area contributed by atoms with Crippen LogP contribution in [0.2, 0.25) is 0 Å². The smallest absolute Gasteiger partial charge is 0.233 e. The summed E-state index contributed by atoms with van der Waals surface area (Å²) in [7, 11) is 2.75. The zero-order valence-electron chi connectivity index (χ0n) is 11.2. The number of hydrogen-bond acceptors (Lipinski definition) is 3. The molecule has 0 aromatic rings. The molecule has 0 aliphatic heterocycles. The molecule has 1 rings (SSSR count). The van der Waals surface area contributed by atoms with E-state index in [2.05, 4.69) is 51.1 Å². The minimum atomic E-state index is -1.80. The molecule has 0 bridgehead atoms. The predicted octanol–water partition coefficient (Wildman–Crippen LogP) is 4.16. The van der Waals surface area contributed by atoms with Crippen LogP contribution in [0.1, 0.15) is 6.42 Å². The van der Waals surface area contributed by atoms with E-state index in [1.807, 2.05) is 0 Å². The highest BCUT2D eigenvalue weighted by molar-refractivity contribution is 14.1. The van der Waals surface area contributed by atoms with Crippen molar-refractivity contribution in [2.75, 3.05) is 18.6 Å². The molecule has 0 heterocycles. The van der Waals surface area contributed by atoms with Crippen molar-refractivity contribution in [2.24, 2.45) is 0 Å². The average Bonchev–Trinajstić information content (AvgIpc) is 2.57. The normalized spacial score (nSPS) is 32.4. The summed E-state index contributed by atoms with van der Waals surface area (Å²) in [6, 6.07) is 0. The van der Waals surface area contributed by atoms with Gasteiger partial charge in [0, 0.05) is 25.1 Å². The lowest BCUT2D eigenvalue weighted by molar-refractivity contribution is -0.203. The number of allylic oxidation sites excluding steroid dienone is 1. The van der Waals surface area contributed by atoms with Crippen molar-refractivity contribution in [3.05, 3.63) is 19.7 Å². The van der Waals surface area contributed by atoms with Crippen molar-refractivity contribution in [1.29, 1.82) is 0 Å². The molecule has 118 valence electrons. The standard InChI is InChI=1S/C13H13Cl3I2O3/c1-4-5-11(19)9(14)10(15)13(20-2,21-3)12(11,16)6-8(18)7-17/h1,6,19H,5,7H2,2-3H3/b8-6+/t11-,12-/m1/s1.